The van der Waals surface area contributed by atoms with Crippen molar-refractivity contribution in [3.8, 4) is 12.1 Å². The van der Waals surface area contributed by atoms with E-state index in [0.717, 1.165) is 19.6 Å². The number of rotatable bonds is 6. The average Bonchev–Trinajstić information content (AvgIpc) is 2.09. The van der Waals surface area contributed by atoms with Gasteiger partial charge in [-0.2, -0.15) is 10.5 Å². The van der Waals surface area contributed by atoms with Crippen molar-refractivity contribution in [1.29, 1.82) is 10.5 Å². The Bertz CT molecular complexity index is 179. The second-order valence-corrected chi connectivity index (χ2v) is 3.51. The van der Waals surface area contributed by atoms with Gasteiger partial charge < -0.3 is 4.90 Å². The highest BCUT2D eigenvalue weighted by molar-refractivity contribution is 4.76. The van der Waals surface area contributed by atoms with Crippen LogP contribution in [-0.4, -0.2) is 24.5 Å². The first-order chi connectivity index (χ1) is 6.20. The van der Waals surface area contributed by atoms with Crippen molar-refractivity contribution < 1.29 is 0 Å². The molecule has 0 spiro atoms. The minimum Gasteiger partial charge on any atom is -0.301 e. The number of nitrogens with zero attached hydrogens (tertiary/aromatic N) is 3. The maximum atomic E-state index is 8.43. The highest BCUT2D eigenvalue weighted by Crippen LogP contribution is 2.00. The summed E-state index contributed by atoms with van der Waals surface area (Å²) in [6.07, 6.45) is 1.11. The van der Waals surface area contributed by atoms with E-state index in [1.54, 1.807) is 0 Å². The third-order valence-electron chi connectivity index (χ3n) is 1.70. The summed E-state index contributed by atoms with van der Waals surface area (Å²) >= 11 is 0. The van der Waals surface area contributed by atoms with Gasteiger partial charge >= 0.3 is 0 Å². The zero-order valence-electron chi connectivity index (χ0n) is 8.45. The van der Waals surface area contributed by atoms with Crippen molar-refractivity contribution in [1.82, 2.24) is 4.90 Å². The van der Waals surface area contributed by atoms with Gasteiger partial charge in [-0.3, -0.25) is 0 Å². The van der Waals surface area contributed by atoms with Gasteiger partial charge in [-0.1, -0.05) is 13.8 Å². The SMILES string of the molecule is CC(C)CN(CCC#N)CCC#N. The van der Waals surface area contributed by atoms with Crippen LogP contribution in [0.3, 0.4) is 0 Å². The minimum absolute atomic E-state index is 0.554. The predicted octanol–water partition coefficient (Wildman–Crippen LogP) is 1.77. The third kappa shape index (κ3) is 7.31. The molecule has 0 aliphatic carbocycles. The van der Waals surface area contributed by atoms with Crippen LogP contribution in [0.15, 0.2) is 0 Å². The summed E-state index contributed by atoms with van der Waals surface area (Å²) < 4.78 is 0. The Morgan fingerprint density at radius 2 is 1.54 bits per heavy atom. The van der Waals surface area contributed by atoms with Crippen LogP contribution in [0.1, 0.15) is 26.7 Å². The van der Waals surface area contributed by atoms with E-state index < -0.39 is 0 Å². The lowest BCUT2D eigenvalue weighted by atomic mass is 10.2. The van der Waals surface area contributed by atoms with Crippen molar-refractivity contribution >= 4 is 0 Å². The van der Waals surface area contributed by atoms with Crippen molar-refractivity contribution in [2.75, 3.05) is 19.6 Å². The summed E-state index contributed by atoms with van der Waals surface area (Å²) in [7, 11) is 0. The molecule has 0 heterocycles. The van der Waals surface area contributed by atoms with Crippen molar-refractivity contribution in [2.45, 2.75) is 26.7 Å². The molecule has 0 N–H and O–H groups in total. The first kappa shape index (κ1) is 11.9. The van der Waals surface area contributed by atoms with Gasteiger partial charge in [-0.25, -0.2) is 0 Å². The molecule has 3 nitrogen and oxygen atoms in total. The van der Waals surface area contributed by atoms with E-state index in [0.29, 0.717) is 18.8 Å². The molecule has 0 aromatic carbocycles. The first-order valence-electron chi connectivity index (χ1n) is 4.67. The van der Waals surface area contributed by atoms with Crippen LogP contribution < -0.4 is 0 Å². The Kier molecular flexibility index (Phi) is 6.96. The molecule has 0 aliphatic rings. The summed E-state index contributed by atoms with van der Waals surface area (Å²) in [6, 6.07) is 4.25. The van der Waals surface area contributed by atoms with Crippen LogP contribution in [0.25, 0.3) is 0 Å². The summed E-state index contributed by atoms with van der Waals surface area (Å²) in [5.41, 5.74) is 0. The Labute approximate surface area is 80.6 Å². The number of nitriles is 2. The second-order valence-electron chi connectivity index (χ2n) is 3.51. The van der Waals surface area contributed by atoms with Gasteiger partial charge in [0.15, 0.2) is 0 Å². The van der Waals surface area contributed by atoms with Crippen molar-refractivity contribution in [2.24, 2.45) is 5.92 Å². The molecule has 13 heavy (non-hydrogen) atoms. The zero-order chi connectivity index (χ0) is 10.1. The highest BCUT2D eigenvalue weighted by atomic mass is 15.1. The van der Waals surface area contributed by atoms with E-state index in [-0.39, 0.29) is 0 Å². The molecule has 0 saturated heterocycles. The zero-order valence-corrected chi connectivity index (χ0v) is 8.45. The predicted molar refractivity (Wildman–Crippen MR) is 51.7 cm³/mol. The Balaban J connectivity index is 3.75. The molecular formula is C10H17N3. The molecule has 0 rings (SSSR count). The Morgan fingerprint density at radius 3 is 1.85 bits per heavy atom. The van der Waals surface area contributed by atoms with Gasteiger partial charge in [0, 0.05) is 32.5 Å². The molecule has 0 bridgehead atoms. The van der Waals surface area contributed by atoms with Crippen LogP contribution in [0.2, 0.25) is 0 Å². The van der Waals surface area contributed by atoms with Crippen LogP contribution in [0, 0.1) is 28.6 Å². The van der Waals surface area contributed by atoms with Gasteiger partial charge in [-0.15, -0.1) is 0 Å². The first-order valence-corrected chi connectivity index (χ1v) is 4.67. The number of hydrogen-bond donors (Lipinski definition) is 0. The van der Waals surface area contributed by atoms with Crippen LogP contribution in [-0.2, 0) is 0 Å². The highest BCUT2D eigenvalue weighted by Gasteiger charge is 2.05. The molecule has 0 aromatic rings. The normalized spacial score (nSPS) is 10.0. The smallest absolute Gasteiger partial charge is 0.0635 e. The van der Waals surface area contributed by atoms with E-state index in [1.807, 2.05) is 0 Å². The fourth-order valence-electron chi connectivity index (χ4n) is 1.23. The molecule has 0 atom stereocenters. The molecule has 0 radical (unpaired) electrons. The van der Waals surface area contributed by atoms with Crippen molar-refractivity contribution in [3.05, 3.63) is 0 Å². The molecule has 0 fully saturated rings. The average molecular weight is 179 g/mol. The molecule has 0 unspecified atom stereocenters. The summed E-state index contributed by atoms with van der Waals surface area (Å²) in [4.78, 5) is 2.18. The van der Waals surface area contributed by atoms with Gasteiger partial charge in [0.1, 0.15) is 0 Å². The maximum Gasteiger partial charge on any atom is 0.0635 e. The van der Waals surface area contributed by atoms with E-state index in [9.17, 15) is 0 Å². The summed E-state index contributed by atoms with van der Waals surface area (Å²) in [5.74, 6) is 0.595. The monoisotopic (exact) mass is 179 g/mol. The van der Waals surface area contributed by atoms with Crippen molar-refractivity contribution in [3.63, 3.8) is 0 Å². The molecule has 3 heteroatoms. The molecule has 72 valence electrons. The quantitative estimate of drug-likeness (QED) is 0.624. The summed E-state index contributed by atoms with van der Waals surface area (Å²) in [5, 5.41) is 16.9. The Hall–Kier alpha value is -1.06. The fourth-order valence-corrected chi connectivity index (χ4v) is 1.23. The van der Waals surface area contributed by atoms with Gasteiger partial charge in [-0.05, 0) is 5.92 Å². The van der Waals surface area contributed by atoms with Crippen LogP contribution >= 0.6 is 0 Å². The van der Waals surface area contributed by atoms with Crippen LogP contribution in [0.5, 0.6) is 0 Å². The largest absolute Gasteiger partial charge is 0.301 e. The van der Waals surface area contributed by atoms with E-state index in [4.69, 9.17) is 10.5 Å². The topological polar surface area (TPSA) is 50.8 Å². The molecule has 0 saturated carbocycles. The summed E-state index contributed by atoms with van der Waals surface area (Å²) in [6.45, 7) is 6.84. The van der Waals surface area contributed by atoms with Crippen LogP contribution in [0.4, 0.5) is 0 Å². The molecule has 0 aliphatic heterocycles. The minimum atomic E-state index is 0.554. The van der Waals surface area contributed by atoms with Gasteiger partial charge in [0.25, 0.3) is 0 Å². The van der Waals surface area contributed by atoms with Gasteiger partial charge in [0.2, 0.25) is 0 Å². The second kappa shape index (κ2) is 7.58. The third-order valence-corrected chi connectivity index (χ3v) is 1.70. The lowest BCUT2D eigenvalue weighted by Crippen LogP contribution is -2.29. The fraction of sp³-hybridized carbons (Fsp3) is 0.800. The lowest BCUT2D eigenvalue weighted by molar-refractivity contribution is 0.254. The molecular weight excluding hydrogens is 162 g/mol. The lowest BCUT2D eigenvalue weighted by Gasteiger charge is -2.21. The number of hydrogen-bond acceptors (Lipinski definition) is 3. The maximum absolute atomic E-state index is 8.43. The molecule has 0 aromatic heterocycles. The van der Waals surface area contributed by atoms with Gasteiger partial charge in [0.05, 0.1) is 12.1 Å². The van der Waals surface area contributed by atoms with E-state index >= 15 is 0 Å². The van der Waals surface area contributed by atoms with E-state index in [2.05, 4.69) is 30.9 Å². The van der Waals surface area contributed by atoms with E-state index in [1.165, 1.54) is 0 Å². The standard InChI is InChI=1S/C10H17N3/c1-10(2)9-13(7-3-5-11)8-4-6-12/h10H,3-4,7-9H2,1-2H3. The molecule has 0 amide bonds. The Morgan fingerprint density at radius 1 is 1.08 bits per heavy atom.